The van der Waals surface area contributed by atoms with E-state index in [1.807, 2.05) is 45.9 Å². The van der Waals surface area contributed by atoms with Gasteiger partial charge in [-0.25, -0.2) is 4.79 Å². The first-order valence-corrected chi connectivity index (χ1v) is 7.42. The summed E-state index contributed by atoms with van der Waals surface area (Å²) >= 11 is 6.19. The van der Waals surface area contributed by atoms with Crippen molar-refractivity contribution in [2.24, 2.45) is 5.92 Å². The molecule has 1 aromatic rings. The summed E-state index contributed by atoms with van der Waals surface area (Å²) in [6.07, 6.45) is 0.127. The molecular formula is C16H24ClNO3. The molecule has 4 nitrogen and oxygen atoms in total. The number of hydrogen-bond donors (Lipinski definition) is 2. The van der Waals surface area contributed by atoms with Crippen LogP contribution in [0.3, 0.4) is 0 Å². The second-order valence-corrected chi connectivity index (χ2v) is 6.64. The van der Waals surface area contributed by atoms with Gasteiger partial charge in [0.2, 0.25) is 0 Å². The van der Waals surface area contributed by atoms with E-state index in [0.29, 0.717) is 18.0 Å². The van der Waals surface area contributed by atoms with Crippen LogP contribution >= 0.6 is 11.6 Å². The number of aliphatic hydroxyl groups excluding tert-OH is 1. The zero-order valence-corrected chi connectivity index (χ0v) is 13.8. The second-order valence-electron chi connectivity index (χ2n) is 6.23. The fraction of sp³-hybridized carbons (Fsp3) is 0.562. The SMILES string of the molecule is Cc1ccc(CC(CO)CNC(=O)OC(C)(C)C)c(Cl)c1. The van der Waals surface area contributed by atoms with Gasteiger partial charge in [-0.2, -0.15) is 0 Å². The molecule has 0 bridgehead atoms. The summed E-state index contributed by atoms with van der Waals surface area (Å²) in [5, 5.41) is 12.8. The van der Waals surface area contributed by atoms with Crippen molar-refractivity contribution in [1.82, 2.24) is 5.32 Å². The average molecular weight is 314 g/mol. The van der Waals surface area contributed by atoms with Gasteiger partial charge in [0.1, 0.15) is 5.60 Å². The number of carbonyl (C=O) groups is 1. The fourth-order valence-corrected chi connectivity index (χ4v) is 2.18. The van der Waals surface area contributed by atoms with Gasteiger partial charge in [-0.15, -0.1) is 0 Å². The number of halogens is 1. The molecule has 2 N–H and O–H groups in total. The summed E-state index contributed by atoms with van der Waals surface area (Å²) in [5.74, 6) is -0.0993. The maximum absolute atomic E-state index is 11.6. The number of carbonyl (C=O) groups excluding carboxylic acids is 1. The van der Waals surface area contributed by atoms with Crippen LogP contribution in [0.1, 0.15) is 31.9 Å². The minimum absolute atomic E-state index is 0.0278. The van der Waals surface area contributed by atoms with Gasteiger partial charge in [0.05, 0.1) is 0 Å². The molecule has 0 aliphatic carbocycles. The van der Waals surface area contributed by atoms with E-state index in [1.165, 1.54) is 0 Å². The number of aryl methyl sites for hydroxylation is 1. The third kappa shape index (κ3) is 6.82. The topological polar surface area (TPSA) is 58.6 Å². The van der Waals surface area contributed by atoms with Crippen molar-refractivity contribution < 1.29 is 14.6 Å². The normalized spacial score (nSPS) is 12.9. The number of rotatable bonds is 5. The van der Waals surface area contributed by atoms with Crippen LogP contribution in [0.25, 0.3) is 0 Å². The van der Waals surface area contributed by atoms with Gasteiger partial charge in [0.25, 0.3) is 0 Å². The highest BCUT2D eigenvalue weighted by Crippen LogP contribution is 2.20. The summed E-state index contributed by atoms with van der Waals surface area (Å²) in [5.41, 5.74) is 1.53. The number of aliphatic hydroxyl groups is 1. The third-order valence-electron chi connectivity index (χ3n) is 2.91. The van der Waals surface area contributed by atoms with Gasteiger partial charge in [-0.1, -0.05) is 23.7 Å². The molecule has 0 radical (unpaired) electrons. The minimum Gasteiger partial charge on any atom is -0.444 e. The molecule has 5 heteroatoms. The quantitative estimate of drug-likeness (QED) is 0.876. The van der Waals surface area contributed by atoms with Crippen molar-refractivity contribution in [2.45, 2.75) is 39.7 Å². The lowest BCUT2D eigenvalue weighted by molar-refractivity contribution is 0.0512. The van der Waals surface area contributed by atoms with Crippen molar-refractivity contribution in [3.63, 3.8) is 0 Å². The average Bonchev–Trinajstić information content (AvgIpc) is 2.34. The van der Waals surface area contributed by atoms with Crippen LogP contribution in [0.5, 0.6) is 0 Å². The van der Waals surface area contributed by atoms with E-state index in [1.54, 1.807) is 0 Å². The number of nitrogens with one attached hydrogen (secondary N) is 1. The standard InChI is InChI=1S/C16H24ClNO3/c1-11-5-6-13(14(17)7-11)8-12(10-19)9-18-15(20)21-16(2,3)4/h5-7,12,19H,8-10H2,1-4H3,(H,18,20). The number of benzene rings is 1. The van der Waals surface area contributed by atoms with Gasteiger partial charge < -0.3 is 15.2 Å². The number of alkyl carbamates (subject to hydrolysis) is 1. The first kappa shape index (κ1) is 17.8. The van der Waals surface area contributed by atoms with Crippen LogP contribution in [0.4, 0.5) is 4.79 Å². The van der Waals surface area contributed by atoms with E-state index in [4.69, 9.17) is 16.3 Å². The molecule has 0 saturated heterocycles. The van der Waals surface area contributed by atoms with Gasteiger partial charge in [0.15, 0.2) is 0 Å². The first-order valence-electron chi connectivity index (χ1n) is 7.04. The highest BCUT2D eigenvalue weighted by Gasteiger charge is 2.18. The molecule has 0 aromatic heterocycles. The molecule has 0 fully saturated rings. The summed E-state index contributed by atoms with van der Waals surface area (Å²) in [4.78, 5) is 11.6. The van der Waals surface area contributed by atoms with Crippen molar-refractivity contribution in [1.29, 1.82) is 0 Å². The van der Waals surface area contributed by atoms with Crippen LogP contribution in [0, 0.1) is 12.8 Å². The second kappa shape index (κ2) is 7.66. The van der Waals surface area contributed by atoms with Crippen LogP contribution < -0.4 is 5.32 Å². The lowest BCUT2D eigenvalue weighted by Gasteiger charge is -2.21. The Balaban J connectivity index is 2.54. The monoisotopic (exact) mass is 313 g/mol. The lowest BCUT2D eigenvalue weighted by Crippen LogP contribution is -2.36. The highest BCUT2D eigenvalue weighted by atomic mass is 35.5. The van der Waals surface area contributed by atoms with E-state index in [2.05, 4.69) is 5.32 Å². The Morgan fingerprint density at radius 3 is 2.62 bits per heavy atom. The maximum Gasteiger partial charge on any atom is 0.407 e. The fourth-order valence-electron chi connectivity index (χ4n) is 1.87. The van der Waals surface area contributed by atoms with E-state index in [-0.39, 0.29) is 12.5 Å². The summed E-state index contributed by atoms with van der Waals surface area (Å²) in [6.45, 7) is 7.71. The van der Waals surface area contributed by atoms with Gasteiger partial charge in [-0.05, 0) is 51.3 Å². The molecule has 1 atom stereocenters. The zero-order chi connectivity index (χ0) is 16.0. The van der Waals surface area contributed by atoms with Crippen molar-refractivity contribution in [3.8, 4) is 0 Å². The summed E-state index contributed by atoms with van der Waals surface area (Å²) in [7, 11) is 0. The van der Waals surface area contributed by atoms with Crippen LogP contribution in [0.2, 0.25) is 5.02 Å². The number of ether oxygens (including phenoxy) is 1. The van der Waals surface area contributed by atoms with Crippen molar-refractivity contribution in [2.75, 3.05) is 13.2 Å². The maximum atomic E-state index is 11.6. The molecule has 1 rings (SSSR count). The molecule has 0 saturated carbocycles. The first-order chi connectivity index (χ1) is 9.71. The van der Waals surface area contributed by atoms with E-state index >= 15 is 0 Å². The van der Waals surface area contributed by atoms with Crippen molar-refractivity contribution >= 4 is 17.7 Å². The molecule has 1 aromatic carbocycles. The van der Waals surface area contributed by atoms with E-state index < -0.39 is 11.7 Å². The minimum atomic E-state index is -0.529. The van der Waals surface area contributed by atoms with Crippen LogP contribution in [-0.4, -0.2) is 30.0 Å². The Kier molecular flexibility index (Phi) is 6.49. The molecule has 21 heavy (non-hydrogen) atoms. The summed E-state index contributed by atoms with van der Waals surface area (Å²) < 4.78 is 5.16. The molecule has 0 aliphatic heterocycles. The molecule has 118 valence electrons. The molecule has 0 aliphatic rings. The Morgan fingerprint density at radius 1 is 1.43 bits per heavy atom. The van der Waals surface area contributed by atoms with Gasteiger partial charge in [0, 0.05) is 24.1 Å². The highest BCUT2D eigenvalue weighted by molar-refractivity contribution is 6.31. The molecule has 1 amide bonds. The Morgan fingerprint density at radius 2 is 2.10 bits per heavy atom. The van der Waals surface area contributed by atoms with Crippen LogP contribution in [0.15, 0.2) is 18.2 Å². The Bertz CT molecular complexity index is 483. The number of hydrogen-bond acceptors (Lipinski definition) is 3. The van der Waals surface area contributed by atoms with Crippen molar-refractivity contribution in [3.05, 3.63) is 34.3 Å². The Hall–Kier alpha value is -1.26. The zero-order valence-electron chi connectivity index (χ0n) is 13.1. The predicted octanol–water partition coefficient (Wildman–Crippen LogP) is 3.32. The molecular weight excluding hydrogens is 290 g/mol. The lowest BCUT2D eigenvalue weighted by atomic mass is 9.99. The molecule has 0 heterocycles. The van der Waals surface area contributed by atoms with Crippen LogP contribution in [-0.2, 0) is 11.2 Å². The van der Waals surface area contributed by atoms with E-state index in [0.717, 1.165) is 11.1 Å². The smallest absolute Gasteiger partial charge is 0.407 e. The van der Waals surface area contributed by atoms with Gasteiger partial charge >= 0.3 is 6.09 Å². The predicted molar refractivity (Wildman–Crippen MR) is 84.7 cm³/mol. The molecule has 1 unspecified atom stereocenters. The largest absolute Gasteiger partial charge is 0.444 e. The molecule has 0 spiro atoms. The Labute approximate surface area is 131 Å². The number of amides is 1. The third-order valence-corrected chi connectivity index (χ3v) is 3.26. The summed E-state index contributed by atoms with van der Waals surface area (Å²) in [6, 6.07) is 5.83. The van der Waals surface area contributed by atoms with Gasteiger partial charge in [-0.3, -0.25) is 0 Å². The van der Waals surface area contributed by atoms with E-state index in [9.17, 15) is 9.90 Å².